The van der Waals surface area contributed by atoms with Crippen molar-refractivity contribution in [3.63, 3.8) is 0 Å². The van der Waals surface area contributed by atoms with E-state index in [0.717, 1.165) is 23.2 Å². The first-order valence-corrected chi connectivity index (χ1v) is 9.48. The maximum Gasteiger partial charge on any atom is 0.333 e. The first-order chi connectivity index (χ1) is 13.2. The van der Waals surface area contributed by atoms with Crippen LogP contribution in [0.3, 0.4) is 0 Å². The Morgan fingerprint density at radius 2 is 1.81 bits per heavy atom. The highest BCUT2D eigenvalue weighted by Crippen LogP contribution is 2.34. The van der Waals surface area contributed by atoms with Crippen molar-refractivity contribution in [2.75, 3.05) is 18.1 Å². The Kier molecular flexibility index (Phi) is 6.07. The zero-order chi connectivity index (χ0) is 19.2. The molecule has 2 aromatic carbocycles. The van der Waals surface area contributed by atoms with Crippen molar-refractivity contribution in [3.05, 3.63) is 71.3 Å². The van der Waals surface area contributed by atoms with Crippen LogP contribution in [0.1, 0.15) is 43.7 Å². The monoisotopic (exact) mass is 363 g/mol. The van der Waals surface area contributed by atoms with Gasteiger partial charge in [0.2, 0.25) is 5.91 Å². The normalized spacial score (nSPS) is 17.3. The predicted molar refractivity (Wildman–Crippen MR) is 107 cm³/mol. The number of benzene rings is 2. The number of carbonyl (C=O) groups excluding carboxylic acids is 2. The van der Waals surface area contributed by atoms with Crippen LogP contribution in [-0.4, -0.2) is 25.0 Å². The highest BCUT2D eigenvalue weighted by atomic mass is 16.5. The van der Waals surface area contributed by atoms with Gasteiger partial charge in [0.1, 0.15) is 0 Å². The van der Waals surface area contributed by atoms with E-state index in [2.05, 4.69) is 0 Å². The zero-order valence-electron chi connectivity index (χ0n) is 15.9. The largest absolute Gasteiger partial charge is 0.463 e. The van der Waals surface area contributed by atoms with Crippen LogP contribution in [0.5, 0.6) is 0 Å². The smallest absolute Gasteiger partial charge is 0.333 e. The lowest BCUT2D eigenvalue weighted by atomic mass is 9.98. The maximum absolute atomic E-state index is 13.1. The van der Waals surface area contributed by atoms with Crippen molar-refractivity contribution in [1.29, 1.82) is 0 Å². The Hall–Kier alpha value is -2.88. The maximum atomic E-state index is 13.1. The summed E-state index contributed by atoms with van der Waals surface area (Å²) in [5.41, 5.74) is 3.37. The summed E-state index contributed by atoms with van der Waals surface area (Å²) < 4.78 is 5.14. The molecule has 0 N–H and O–H groups in total. The fourth-order valence-corrected chi connectivity index (χ4v) is 3.49. The van der Waals surface area contributed by atoms with E-state index in [1.54, 1.807) is 6.92 Å². The molecule has 0 spiro atoms. The van der Waals surface area contributed by atoms with Crippen LogP contribution in [0.4, 0.5) is 5.69 Å². The van der Waals surface area contributed by atoms with Crippen molar-refractivity contribution >= 4 is 23.6 Å². The summed E-state index contributed by atoms with van der Waals surface area (Å²) in [6.45, 7) is 4.74. The van der Waals surface area contributed by atoms with Gasteiger partial charge in [-0.3, -0.25) is 4.79 Å². The molecule has 1 heterocycles. The van der Waals surface area contributed by atoms with Crippen LogP contribution in [-0.2, 0) is 14.3 Å². The molecule has 0 saturated carbocycles. The van der Waals surface area contributed by atoms with Gasteiger partial charge in [-0.2, -0.15) is 0 Å². The Morgan fingerprint density at radius 3 is 2.52 bits per heavy atom. The van der Waals surface area contributed by atoms with Crippen LogP contribution in [0.15, 0.2) is 60.2 Å². The van der Waals surface area contributed by atoms with Crippen molar-refractivity contribution < 1.29 is 14.3 Å². The average molecular weight is 363 g/mol. The molecule has 0 radical (unpaired) electrons. The molecule has 1 saturated heterocycles. The van der Waals surface area contributed by atoms with Gasteiger partial charge in [-0.25, -0.2) is 4.79 Å². The number of nitrogens with zero attached hydrogens (tertiary/aromatic N) is 1. The number of carbonyl (C=O) groups is 2. The molecular weight excluding hydrogens is 338 g/mol. The summed E-state index contributed by atoms with van der Waals surface area (Å²) in [6.07, 6.45) is 3.21. The van der Waals surface area contributed by atoms with Crippen molar-refractivity contribution in [2.24, 2.45) is 0 Å². The van der Waals surface area contributed by atoms with Gasteiger partial charge in [-0.05, 0) is 43.0 Å². The number of para-hydroxylation sites is 1. The van der Waals surface area contributed by atoms with Crippen molar-refractivity contribution in [2.45, 2.75) is 32.6 Å². The van der Waals surface area contributed by atoms with Crippen LogP contribution >= 0.6 is 0 Å². The lowest BCUT2D eigenvalue weighted by Crippen LogP contribution is -2.27. The second-order valence-electron chi connectivity index (χ2n) is 6.54. The number of ether oxygens (including phenoxy) is 1. The van der Waals surface area contributed by atoms with Gasteiger partial charge in [0.05, 0.1) is 18.2 Å². The van der Waals surface area contributed by atoms with E-state index in [9.17, 15) is 9.59 Å². The number of rotatable bonds is 6. The van der Waals surface area contributed by atoms with E-state index < -0.39 is 0 Å². The second-order valence-corrected chi connectivity index (χ2v) is 6.54. The molecule has 140 valence electrons. The molecule has 4 heteroatoms. The fourth-order valence-electron chi connectivity index (χ4n) is 3.49. The van der Waals surface area contributed by atoms with E-state index in [-0.39, 0.29) is 17.8 Å². The summed E-state index contributed by atoms with van der Waals surface area (Å²) >= 11 is 0. The molecule has 1 fully saturated rings. The minimum atomic E-state index is -0.301. The van der Waals surface area contributed by atoms with Gasteiger partial charge in [-0.15, -0.1) is 0 Å². The van der Waals surface area contributed by atoms with Crippen LogP contribution in [0.25, 0.3) is 6.08 Å². The summed E-state index contributed by atoms with van der Waals surface area (Å²) in [7, 11) is 0. The predicted octanol–water partition coefficient (Wildman–Crippen LogP) is 4.56. The van der Waals surface area contributed by atoms with Gasteiger partial charge < -0.3 is 9.64 Å². The third kappa shape index (κ3) is 4.11. The number of esters is 1. The Bertz CT molecular complexity index is 842. The number of hydrogen-bond acceptors (Lipinski definition) is 3. The lowest BCUT2D eigenvalue weighted by Gasteiger charge is -2.20. The Morgan fingerprint density at radius 1 is 1.11 bits per heavy atom. The van der Waals surface area contributed by atoms with Crippen LogP contribution in [0.2, 0.25) is 0 Å². The average Bonchev–Trinajstić information content (AvgIpc) is 3.08. The molecule has 1 atom stereocenters. The number of anilines is 1. The molecule has 0 bridgehead atoms. The van der Waals surface area contributed by atoms with E-state index in [1.807, 2.05) is 72.5 Å². The topological polar surface area (TPSA) is 46.6 Å². The molecule has 2 aromatic rings. The number of amides is 1. The molecular formula is C23H25NO3. The minimum absolute atomic E-state index is 0.108. The van der Waals surface area contributed by atoms with E-state index >= 15 is 0 Å². The third-order valence-corrected chi connectivity index (χ3v) is 4.88. The molecule has 1 aliphatic rings. The minimum Gasteiger partial charge on any atom is -0.463 e. The molecule has 3 rings (SSSR count). The van der Waals surface area contributed by atoms with Crippen LogP contribution < -0.4 is 4.90 Å². The first-order valence-electron chi connectivity index (χ1n) is 9.48. The summed E-state index contributed by atoms with van der Waals surface area (Å²) in [5, 5.41) is 0. The molecule has 1 amide bonds. The molecule has 1 aliphatic heterocycles. The standard InChI is InChI=1S/C23H25NO3/c1-3-17(23(26)27-4-2)16-19-12-8-9-13-21(19)24-15-14-20(22(24)25)18-10-6-5-7-11-18/h5-13,16,20H,3-4,14-15H2,1-2H3/b17-16+/t20-/m0/s1. The van der Waals surface area contributed by atoms with Gasteiger partial charge in [-0.1, -0.05) is 55.5 Å². The fraction of sp³-hybridized carbons (Fsp3) is 0.304. The summed E-state index contributed by atoms with van der Waals surface area (Å²) in [6, 6.07) is 17.6. The van der Waals surface area contributed by atoms with Gasteiger partial charge in [0.15, 0.2) is 0 Å². The Labute approximate surface area is 160 Å². The molecule has 27 heavy (non-hydrogen) atoms. The summed E-state index contributed by atoms with van der Waals surface area (Å²) in [4.78, 5) is 27.0. The van der Waals surface area contributed by atoms with Gasteiger partial charge in [0.25, 0.3) is 0 Å². The number of hydrogen-bond donors (Lipinski definition) is 0. The van der Waals surface area contributed by atoms with E-state index in [1.165, 1.54) is 0 Å². The second kappa shape index (κ2) is 8.67. The molecule has 0 unspecified atom stereocenters. The van der Waals surface area contributed by atoms with Gasteiger partial charge >= 0.3 is 5.97 Å². The van der Waals surface area contributed by atoms with Crippen LogP contribution in [0, 0.1) is 0 Å². The highest BCUT2D eigenvalue weighted by molar-refractivity contribution is 6.03. The quantitative estimate of drug-likeness (QED) is 0.558. The van der Waals surface area contributed by atoms with E-state index in [4.69, 9.17) is 4.74 Å². The van der Waals surface area contributed by atoms with Crippen molar-refractivity contribution in [3.8, 4) is 0 Å². The van der Waals surface area contributed by atoms with Crippen molar-refractivity contribution in [1.82, 2.24) is 0 Å². The lowest BCUT2D eigenvalue weighted by molar-refractivity contribution is -0.138. The molecule has 0 aliphatic carbocycles. The molecule has 0 aromatic heterocycles. The molecule has 4 nitrogen and oxygen atoms in total. The highest BCUT2D eigenvalue weighted by Gasteiger charge is 2.34. The SMILES string of the molecule is CCOC(=O)/C(=C/c1ccccc1N1CC[C@@H](c2ccccc2)C1=O)CC. The zero-order valence-corrected chi connectivity index (χ0v) is 15.9. The van der Waals surface area contributed by atoms with Gasteiger partial charge in [0, 0.05) is 12.1 Å². The Balaban J connectivity index is 1.90. The summed E-state index contributed by atoms with van der Waals surface area (Å²) in [5.74, 6) is -0.306. The third-order valence-electron chi connectivity index (χ3n) is 4.88. The first kappa shape index (κ1) is 18.9. The van der Waals surface area contributed by atoms with E-state index in [0.29, 0.717) is 25.1 Å².